The Balaban J connectivity index is 1.92. The number of halogens is 1. The summed E-state index contributed by atoms with van der Waals surface area (Å²) in [6.45, 7) is 7.15. The zero-order chi connectivity index (χ0) is 10.8. The number of nitrogens with one attached hydrogen (secondary N) is 1. The molecule has 15 heavy (non-hydrogen) atoms. The van der Waals surface area contributed by atoms with Gasteiger partial charge in [-0.2, -0.15) is 0 Å². The maximum absolute atomic E-state index is 5.74. The molecule has 0 saturated carbocycles. The number of hydrogen-bond acceptors (Lipinski definition) is 5. The summed E-state index contributed by atoms with van der Waals surface area (Å²) in [5.74, 6) is 0.567. The van der Waals surface area contributed by atoms with E-state index in [2.05, 4.69) is 32.3 Å². The van der Waals surface area contributed by atoms with Gasteiger partial charge in [-0.25, -0.2) is 4.98 Å². The molecular weight excluding hydrogens is 214 g/mol. The van der Waals surface area contributed by atoms with Gasteiger partial charge in [-0.1, -0.05) is 18.5 Å². The number of anilines is 1. The molecule has 1 aromatic rings. The third-order valence-electron chi connectivity index (χ3n) is 2.54. The first-order valence-electron chi connectivity index (χ1n) is 5.04. The Morgan fingerprint density at radius 3 is 2.80 bits per heavy atom. The molecule has 0 bridgehead atoms. The fourth-order valence-electron chi connectivity index (χ4n) is 1.55. The van der Waals surface area contributed by atoms with Crippen LogP contribution in [0.2, 0.25) is 5.15 Å². The van der Waals surface area contributed by atoms with E-state index in [1.165, 1.54) is 0 Å². The topological polar surface area (TPSA) is 53.9 Å². The fourth-order valence-corrected chi connectivity index (χ4v) is 1.63. The van der Waals surface area contributed by atoms with E-state index in [9.17, 15) is 0 Å². The van der Waals surface area contributed by atoms with E-state index < -0.39 is 0 Å². The van der Waals surface area contributed by atoms with E-state index in [-0.39, 0.29) is 0 Å². The van der Waals surface area contributed by atoms with Crippen LogP contribution < -0.4 is 5.32 Å². The maximum Gasteiger partial charge on any atom is 0.243 e. The van der Waals surface area contributed by atoms with Crippen molar-refractivity contribution in [1.82, 2.24) is 20.1 Å². The summed E-state index contributed by atoms with van der Waals surface area (Å²) in [7, 11) is 0. The largest absolute Gasteiger partial charge is 0.348 e. The molecule has 5 nitrogen and oxygen atoms in total. The fraction of sp³-hybridized carbons (Fsp3) is 0.667. The van der Waals surface area contributed by atoms with E-state index in [4.69, 9.17) is 11.6 Å². The van der Waals surface area contributed by atoms with Crippen LogP contribution in [0.1, 0.15) is 12.6 Å². The van der Waals surface area contributed by atoms with Crippen molar-refractivity contribution in [2.75, 3.05) is 25.0 Å². The van der Waals surface area contributed by atoms with Crippen LogP contribution in [-0.2, 0) is 0 Å². The molecule has 82 valence electrons. The van der Waals surface area contributed by atoms with Gasteiger partial charge in [0.05, 0.1) is 11.7 Å². The summed E-state index contributed by atoms with van der Waals surface area (Å²) in [4.78, 5) is 6.55. The Hall–Kier alpha value is -0.940. The number of nitrogens with zero attached hydrogens (tertiary/aromatic N) is 4. The molecule has 1 aromatic heterocycles. The van der Waals surface area contributed by atoms with Crippen LogP contribution in [-0.4, -0.2) is 45.8 Å². The lowest BCUT2D eigenvalue weighted by Gasteiger charge is -2.38. The summed E-state index contributed by atoms with van der Waals surface area (Å²) >= 11 is 5.74. The highest BCUT2D eigenvalue weighted by Gasteiger charge is 2.25. The maximum atomic E-state index is 5.74. The van der Waals surface area contributed by atoms with Crippen LogP contribution >= 0.6 is 11.6 Å². The van der Waals surface area contributed by atoms with Gasteiger partial charge in [0.15, 0.2) is 5.15 Å². The van der Waals surface area contributed by atoms with Crippen molar-refractivity contribution in [2.45, 2.75) is 19.9 Å². The van der Waals surface area contributed by atoms with Gasteiger partial charge < -0.3 is 5.32 Å². The van der Waals surface area contributed by atoms with E-state index >= 15 is 0 Å². The lowest BCUT2D eigenvalue weighted by atomic mass is 10.1. The lowest BCUT2D eigenvalue weighted by molar-refractivity contribution is 0.171. The Bertz CT molecular complexity index is 350. The summed E-state index contributed by atoms with van der Waals surface area (Å²) in [6.07, 6.45) is 0. The molecule has 1 saturated heterocycles. The average Bonchev–Trinajstić information content (AvgIpc) is 2.16. The van der Waals surface area contributed by atoms with Gasteiger partial charge in [0.1, 0.15) is 0 Å². The SMILES string of the molecule is CCN1CC(Nc2nnc(Cl)c(C)n2)C1. The lowest BCUT2D eigenvalue weighted by Crippen LogP contribution is -2.54. The third-order valence-corrected chi connectivity index (χ3v) is 2.89. The number of aryl methyl sites for hydroxylation is 1. The van der Waals surface area contributed by atoms with Crippen molar-refractivity contribution in [3.05, 3.63) is 10.8 Å². The first-order valence-corrected chi connectivity index (χ1v) is 5.42. The van der Waals surface area contributed by atoms with Crippen molar-refractivity contribution in [3.63, 3.8) is 0 Å². The van der Waals surface area contributed by atoms with E-state index in [1.807, 2.05) is 6.92 Å². The van der Waals surface area contributed by atoms with Crippen molar-refractivity contribution >= 4 is 17.5 Å². The van der Waals surface area contributed by atoms with Crippen LogP contribution in [0.3, 0.4) is 0 Å². The number of likely N-dealkylation sites (N-methyl/N-ethyl adjacent to an activating group) is 1. The molecule has 0 radical (unpaired) electrons. The van der Waals surface area contributed by atoms with Crippen LogP contribution in [0.4, 0.5) is 5.95 Å². The molecule has 2 rings (SSSR count). The Labute approximate surface area is 93.9 Å². The number of likely N-dealkylation sites (tertiary alicyclic amines) is 1. The molecule has 0 atom stereocenters. The quantitative estimate of drug-likeness (QED) is 0.833. The molecule has 0 unspecified atom stereocenters. The molecule has 0 aromatic carbocycles. The smallest absolute Gasteiger partial charge is 0.243 e. The first kappa shape index (κ1) is 10.6. The van der Waals surface area contributed by atoms with Gasteiger partial charge in [-0.3, -0.25) is 4.90 Å². The predicted molar refractivity (Wildman–Crippen MR) is 59.1 cm³/mol. The van der Waals surface area contributed by atoms with Gasteiger partial charge in [0.2, 0.25) is 5.95 Å². The molecule has 2 heterocycles. The Morgan fingerprint density at radius 2 is 2.20 bits per heavy atom. The Morgan fingerprint density at radius 1 is 1.47 bits per heavy atom. The van der Waals surface area contributed by atoms with Gasteiger partial charge in [0.25, 0.3) is 0 Å². The van der Waals surface area contributed by atoms with Gasteiger partial charge in [-0.15, -0.1) is 10.2 Å². The number of hydrogen-bond donors (Lipinski definition) is 1. The monoisotopic (exact) mass is 227 g/mol. The molecule has 0 aliphatic carbocycles. The van der Waals surface area contributed by atoms with Gasteiger partial charge in [0, 0.05) is 13.1 Å². The van der Waals surface area contributed by atoms with Crippen molar-refractivity contribution in [2.24, 2.45) is 0 Å². The number of aromatic nitrogens is 3. The molecule has 6 heteroatoms. The summed E-state index contributed by atoms with van der Waals surface area (Å²) in [5.41, 5.74) is 0.709. The predicted octanol–water partition coefficient (Wildman–Crippen LogP) is 0.949. The molecule has 1 N–H and O–H groups in total. The highest BCUT2D eigenvalue weighted by atomic mass is 35.5. The standard InChI is InChI=1S/C9H14ClN5/c1-3-15-4-7(5-15)12-9-11-6(2)8(10)13-14-9/h7H,3-5H2,1-2H3,(H,11,12,14). The summed E-state index contributed by atoms with van der Waals surface area (Å²) in [6, 6.07) is 0.437. The second-order valence-corrected chi connectivity index (χ2v) is 4.06. The molecular formula is C9H14ClN5. The van der Waals surface area contributed by atoms with Crippen LogP contribution in [0.5, 0.6) is 0 Å². The van der Waals surface area contributed by atoms with E-state index in [1.54, 1.807) is 0 Å². The zero-order valence-electron chi connectivity index (χ0n) is 8.87. The minimum Gasteiger partial charge on any atom is -0.348 e. The summed E-state index contributed by atoms with van der Waals surface area (Å²) in [5, 5.41) is 11.3. The minimum atomic E-state index is 0.365. The van der Waals surface area contributed by atoms with E-state index in [0.29, 0.717) is 22.8 Å². The normalized spacial score (nSPS) is 17.5. The second-order valence-electron chi connectivity index (χ2n) is 3.71. The van der Waals surface area contributed by atoms with Crippen molar-refractivity contribution < 1.29 is 0 Å². The van der Waals surface area contributed by atoms with Crippen LogP contribution in [0.15, 0.2) is 0 Å². The van der Waals surface area contributed by atoms with Gasteiger partial charge in [-0.05, 0) is 13.5 Å². The first-order chi connectivity index (χ1) is 7.19. The highest BCUT2D eigenvalue weighted by Crippen LogP contribution is 2.13. The van der Waals surface area contributed by atoms with Crippen LogP contribution in [0, 0.1) is 6.92 Å². The molecule has 1 aliphatic heterocycles. The molecule has 1 fully saturated rings. The molecule has 0 amide bonds. The summed E-state index contributed by atoms with van der Waals surface area (Å²) < 4.78 is 0. The number of rotatable bonds is 3. The van der Waals surface area contributed by atoms with Gasteiger partial charge >= 0.3 is 0 Å². The zero-order valence-corrected chi connectivity index (χ0v) is 9.62. The average molecular weight is 228 g/mol. The van der Waals surface area contributed by atoms with Crippen molar-refractivity contribution in [1.29, 1.82) is 0 Å². The van der Waals surface area contributed by atoms with E-state index in [0.717, 1.165) is 19.6 Å². The second kappa shape index (κ2) is 4.28. The minimum absolute atomic E-state index is 0.365. The molecule has 1 aliphatic rings. The third kappa shape index (κ3) is 2.35. The van der Waals surface area contributed by atoms with Crippen LogP contribution in [0.25, 0.3) is 0 Å². The Kier molecular flexibility index (Phi) is 3.02. The molecule has 0 spiro atoms. The highest BCUT2D eigenvalue weighted by molar-refractivity contribution is 6.29. The van der Waals surface area contributed by atoms with Crippen molar-refractivity contribution in [3.8, 4) is 0 Å².